The first kappa shape index (κ1) is 17.7. The first-order valence-electron chi connectivity index (χ1n) is 9.21. The number of thiocarbonyl (C=S) groups is 1. The Hall–Kier alpha value is -1.14. The van der Waals surface area contributed by atoms with Gasteiger partial charge in [0.1, 0.15) is 0 Å². The number of hydrogen-bond donors (Lipinski definition) is 2. The summed E-state index contributed by atoms with van der Waals surface area (Å²) < 4.78 is 0. The van der Waals surface area contributed by atoms with Crippen molar-refractivity contribution in [3.05, 3.63) is 12.7 Å². The van der Waals surface area contributed by atoms with Gasteiger partial charge in [0.15, 0.2) is 5.11 Å². The molecule has 24 heavy (non-hydrogen) atoms. The maximum atomic E-state index is 12.8. The van der Waals surface area contributed by atoms with E-state index in [1.165, 1.54) is 12.8 Å². The van der Waals surface area contributed by atoms with Gasteiger partial charge in [-0.25, -0.2) is 0 Å². The number of rotatable bonds is 5. The maximum Gasteiger partial charge on any atom is 0.241 e. The molecule has 0 aromatic rings. The van der Waals surface area contributed by atoms with E-state index in [1.807, 2.05) is 11.0 Å². The largest absolute Gasteiger partial charge is 0.360 e. The fraction of sp³-hybridized carbons (Fsp3) is 0.778. The molecular formula is C18H30N4OS. The molecule has 1 amide bonds. The Balaban J connectivity index is 1.65. The topological polar surface area (TPSA) is 47.6 Å². The van der Waals surface area contributed by atoms with E-state index in [-0.39, 0.29) is 17.6 Å². The van der Waals surface area contributed by atoms with E-state index in [0.29, 0.717) is 18.5 Å². The van der Waals surface area contributed by atoms with Crippen molar-refractivity contribution < 1.29 is 4.79 Å². The van der Waals surface area contributed by atoms with Crippen molar-refractivity contribution in [1.29, 1.82) is 0 Å². The Kier molecular flexibility index (Phi) is 5.16. The molecule has 1 saturated carbocycles. The number of likely N-dealkylation sites (tertiary alicyclic amines) is 1. The van der Waals surface area contributed by atoms with Crippen molar-refractivity contribution in [2.24, 2.45) is 5.92 Å². The molecule has 0 bridgehead atoms. The third-order valence-corrected chi connectivity index (χ3v) is 5.70. The van der Waals surface area contributed by atoms with Crippen molar-refractivity contribution >= 4 is 23.2 Å². The zero-order valence-corrected chi connectivity index (χ0v) is 15.7. The molecule has 3 fully saturated rings. The van der Waals surface area contributed by atoms with Crippen LogP contribution >= 0.6 is 12.2 Å². The molecule has 6 heteroatoms. The molecule has 2 aliphatic heterocycles. The fourth-order valence-corrected chi connectivity index (χ4v) is 4.22. The second-order valence-corrected chi connectivity index (χ2v) is 8.19. The van der Waals surface area contributed by atoms with Crippen LogP contribution < -0.4 is 10.6 Å². The molecule has 2 N–H and O–H groups in total. The molecule has 1 spiro atoms. The number of nitrogens with zero attached hydrogens (tertiary/aromatic N) is 2. The summed E-state index contributed by atoms with van der Waals surface area (Å²) >= 11 is 5.54. The monoisotopic (exact) mass is 350 g/mol. The Labute approximate surface area is 150 Å². The van der Waals surface area contributed by atoms with Gasteiger partial charge in [0, 0.05) is 38.5 Å². The van der Waals surface area contributed by atoms with E-state index < -0.39 is 0 Å². The molecule has 0 radical (unpaired) electrons. The zero-order valence-electron chi connectivity index (χ0n) is 14.9. The number of piperidine rings is 1. The second-order valence-electron chi connectivity index (χ2n) is 7.81. The van der Waals surface area contributed by atoms with Crippen LogP contribution in [0.2, 0.25) is 0 Å². The highest BCUT2D eigenvalue weighted by Crippen LogP contribution is 2.34. The molecule has 1 aliphatic carbocycles. The highest BCUT2D eigenvalue weighted by Gasteiger charge is 2.51. The quantitative estimate of drug-likeness (QED) is 0.585. The van der Waals surface area contributed by atoms with E-state index in [4.69, 9.17) is 12.2 Å². The standard InChI is InChI=1S/C18H30N4OS/c1-4-9-22-16(23)15(12-13(2)3)20-18(22)7-10-21(11-8-18)17(24)19-14-5-6-14/h4,13-15,20H,1,5-12H2,2-3H3,(H,19,24). The van der Waals surface area contributed by atoms with E-state index >= 15 is 0 Å². The first-order valence-corrected chi connectivity index (χ1v) is 9.61. The average molecular weight is 351 g/mol. The molecule has 1 atom stereocenters. The third-order valence-electron chi connectivity index (χ3n) is 5.33. The number of carbonyl (C=O) groups excluding carboxylic acids is 1. The van der Waals surface area contributed by atoms with Gasteiger partial charge in [0.25, 0.3) is 0 Å². The lowest BCUT2D eigenvalue weighted by molar-refractivity contribution is -0.132. The van der Waals surface area contributed by atoms with Crippen LogP contribution in [0.5, 0.6) is 0 Å². The van der Waals surface area contributed by atoms with Crippen LogP contribution in [0, 0.1) is 5.92 Å². The predicted octanol–water partition coefficient (Wildman–Crippen LogP) is 1.85. The summed E-state index contributed by atoms with van der Waals surface area (Å²) in [4.78, 5) is 17.1. The number of amides is 1. The molecule has 5 nitrogen and oxygen atoms in total. The SMILES string of the molecule is C=CCN1C(=O)C(CC(C)C)NC12CCN(C(=S)NC1CC1)CC2. The van der Waals surface area contributed by atoms with Crippen LogP contribution in [0.4, 0.5) is 0 Å². The lowest BCUT2D eigenvalue weighted by atomic mass is 9.96. The summed E-state index contributed by atoms with van der Waals surface area (Å²) in [6.07, 6.45) is 7.02. The van der Waals surface area contributed by atoms with E-state index in [9.17, 15) is 4.79 Å². The van der Waals surface area contributed by atoms with Crippen LogP contribution in [0.15, 0.2) is 12.7 Å². The van der Waals surface area contributed by atoms with E-state index in [2.05, 4.69) is 36.0 Å². The fourth-order valence-electron chi connectivity index (χ4n) is 3.88. The molecule has 0 aromatic heterocycles. The zero-order chi connectivity index (χ0) is 17.3. The van der Waals surface area contributed by atoms with Gasteiger partial charge in [-0.1, -0.05) is 19.9 Å². The summed E-state index contributed by atoms with van der Waals surface area (Å²) in [5.41, 5.74) is -0.226. The van der Waals surface area contributed by atoms with Crippen molar-refractivity contribution in [3.63, 3.8) is 0 Å². The molecule has 3 rings (SSSR count). The van der Waals surface area contributed by atoms with Crippen molar-refractivity contribution in [1.82, 2.24) is 20.4 Å². The normalized spacial score (nSPS) is 26.3. The lowest BCUT2D eigenvalue weighted by Crippen LogP contribution is -2.60. The van der Waals surface area contributed by atoms with Gasteiger partial charge in [-0.05, 0) is 37.4 Å². The molecule has 2 saturated heterocycles. The first-order chi connectivity index (χ1) is 11.4. The van der Waals surface area contributed by atoms with Gasteiger partial charge in [-0.3, -0.25) is 10.1 Å². The summed E-state index contributed by atoms with van der Waals surface area (Å²) in [5, 5.41) is 7.98. The second kappa shape index (κ2) is 7.00. The number of carbonyl (C=O) groups is 1. The predicted molar refractivity (Wildman–Crippen MR) is 101 cm³/mol. The molecule has 1 unspecified atom stereocenters. The molecule has 3 aliphatic rings. The Bertz CT molecular complexity index is 509. The maximum absolute atomic E-state index is 12.8. The minimum atomic E-state index is -0.226. The van der Waals surface area contributed by atoms with Crippen LogP contribution in [0.25, 0.3) is 0 Å². The van der Waals surface area contributed by atoms with Gasteiger partial charge in [-0.2, -0.15) is 0 Å². The highest BCUT2D eigenvalue weighted by atomic mass is 32.1. The molecule has 2 heterocycles. The molecule has 134 valence electrons. The Morgan fingerprint density at radius 3 is 2.67 bits per heavy atom. The molecule has 0 aromatic carbocycles. The van der Waals surface area contributed by atoms with Gasteiger partial charge < -0.3 is 15.1 Å². The van der Waals surface area contributed by atoms with Crippen LogP contribution in [-0.2, 0) is 4.79 Å². The summed E-state index contributed by atoms with van der Waals surface area (Å²) in [6, 6.07) is 0.528. The smallest absolute Gasteiger partial charge is 0.241 e. The third kappa shape index (κ3) is 3.59. The van der Waals surface area contributed by atoms with Crippen LogP contribution in [0.1, 0.15) is 46.0 Å². The lowest BCUT2D eigenvalue weighted by Gasteiger charge is -2.45. The van der Waals surface area contributed by atoms with Gasteiger partial charge in [-0.15, -0.1) is 6.58 Å². The van der Waals surface area contributed by atoms with Crippen LogP contribution in [0.3, 0.4) is 0 Å². The number of hydrogen-bond acceptors (Lipinski definition) is 3. The van der Waals surface area contributed by atoms with Crippen molar-refractivity contribution in [3.8, 4) is 0 Å². The van der Waals surface area contributed by atoms with E-state index in [0.717, 1.165) is 37.5 Å². The summed E-state index contributed by atoms with van der Waals surface area (Å²) in [5.74, 6) is 0.735. The summed E-state index contributed by atoms with van der Waals surface area (Å²) in [7, 11) is 0. The van der Waals surface area contributed by atoms with Gasteiger partial charge in [0.05, 0.1) is 11.7 Å². The van der Waals surface area contributed by atoms with Crippen molar-refractivity contribution in [2.75, 3.05) is 19.6 Å². The van der Waals surface area contributed by atoms with Crippen molar-refractivity contribution in [2.45, 2.75) is 63.7 Å². The van der Waals surface area contributed by atoms with Gasteiger partial charge >= 0.3 is 0 Å². The van der Waals surface area contributed by atoms with Crippen LogP contribution in [-0.4, -0.2) is 58.2 Å². The number of nitrogens with one attached hydrogen (secondary N) is 2. The Morgan fingerprint density at radius 1 is 1.46 bits per heavy atom. The van der Waals surface area contributed by atoms with Gasteiger partial charge in [0.2, 0.25) is 5.91 Å². The summed E-state index contributed by atoms with van der Waals surface area (Å²) in [6.45, 7) is 10.6. The van der Waals surface area contributed by atoms with E-state index in [1.54, 1.807) is 0 Å². The minimum Gasteiger partial charge on any atom is -0.360 e. The minimum absolute atomic E-state index is 0.0620. The highest BCUT2D eigenvalue weighted by molar-refractivity contribution is 7.80. The molecular weight excluding hydrogens is 320 g/mol. The Morgan fingerprint density at radius 2 is 2.12 bits per heavy atom. The average Bonchev–Trinajstić information content (AvgIpc) is 3.31.